The quantitative estimate of drug-likeness (QED) is 0.430. The number of nitrogens with one attached hydrogen (secondary N) is 1. The molecule has 8 heteroatoms. The van der Waals surface area contributed by atoms with Gasteiger partial charge in [0.25, 0.3) is 10.0 Å². The Morgan fingerprint density at radius 2 is 1.65 bits per heavy atom. The van der Waals surface area contributed by atoms with Gasteiger partial charge < -0.3 is 10.5 Å². The molecule has 0 aliphatic heterocycles. The first-order valence-corrected chi connectivity index (χ1v) is 10.9. The smallest absolute Gasteiger partial charge is 0.264 e. The summed E-state index contributed by atoms with van der Waals surface area (Å²) in [4.78, 5) is 8.60. The molecule has 0 radical (unpaired) electrons. The second kappa shape index (κ2) is 8.45. The lowest BCUT2D eigenvalue weighted by atomic mass is 10.0. The number of rotatable bonds is 6. The molecule has 7 nitrogen and oxygen atoms in total. The highest BCUT2D eigenvalue weighted by Crippen LogP contribution is 2.34. The van der Waals surface area contributed by atoms with Crippen molar-refractivity contribution in [2.75, 3.05) is 10.5 Å². The summed E-state index contributed by atoms with van der Waals surface area (Å²) >= 11 is 0. The van der Waals surface area contributed by atoms with Crippen LogP contribution in [-0.2, 0) is 10.0 Å². The summed E-state index contributed by atoms with van der Waals surface area (Å²) in [5.74, 6) is 0.701. The molecule has 31 heavy (non-hydrogen) atoms. The van der Waals surface area contributed by atoms with Crippen LogP contribution in [0.3, 0.4) is 0 Å². The number of aromatic nitrogens is 2. The zero-order valence-electron chi connectivity index (χ0n) is 16.7. The number of sulfonamides is 1. The third-order valence-electron chi connectivity index (χ3n) is 4.54. The van der Waals surface area contributed by atoms with Gasteiger partial charge in [0.15, 0.2) is 0 Å². The van der Waals surface area contributed by atoms with Crippen LogP contribution < -0.4 is 15.2 Å². The summed E-state index contributed by atoms with van der Waals surface area (Å²) in [7, 11) is -3.92. The van der Waals surface area contributed by atoms with Crippen LogP contribution in [-0.4, -0.2) is 18.4 Å². The van der Waals surface area contributed by atoms with E-state index < -0.39 is 10.0 Å². The van der Waals surface area contributed by atoms with E-state index in [4.69, 9.17) is 10.5 Å². The Balaban J connectivity index is 1.75. The van der Waals surface area contributed by atoms with Crippen molar-refractivity contribution in [1.29, 1.82) is 0 Å². The Kier molecular flexibility index (Phi) is 5.55. The van der Waals surface area contributed by atoms with Gasteiger partial charge in [0.1, 0.15) is 5.75 Å². The topological polar surface area (TPSA) is 107 Å². The molecule has 0 amide bonds. The largest absolute Gasteiger partial charge is 0.438 e. The lowest BCUT2D eigenvalue weighted by Crippen LogP contribution is -2.15. The maximum absolute atomic E-state index is 12.7. The average molecular weight is 433 g/mol. The van der Waals surface area contributed by atoms with Crippen molar-refractivity contribution in [1.82, 2.24) is 9.97 Å². The predicted molar refractivity (Wildman–Crippen MR) is 120 cm³/mol. The van der Waals surface area contributed by atoms with Gasteiger partial charge in [-0.3, -0.25) is 0 Å². The molecule has 156 valence electrons. The summed E-state index contributed by atoms with van der Waals surface area (Å²) in [6.45, 7) is 1.97. The van der Waals surface area contributed by atoms with Crippen molar-refractivity contribution in [3.05, 3.63) is 90.6 Å². The SMILES string of the molecule is Cc1ccccc1-c1cnc(NS(=O)(=O)c2cccc(N)c2)nc1Oc1ccccc1. The molecule has 0 fully saturated rings. The molecule has 4 aromatic rings. The Hall–Kier alpha value is -3.91. The number of hydrogen-bond donors (Lipinski definition) is 2. The fourth-order valence-corrected chi connectivity index (χ4v) is 4.02. The van der Waals surface area contributed by atoms with Crippen LogP contribution in [0, 0.1) is 6.92 Å². The number of nitrogen functional groups attached to an aromatic ring is 1. The zero-order valence-corrected chi connectivity index (χ0v) is 17.5. The van der Waals surface area contributed by atoms with Gasteiger partial charge in [-0.2, -0.15) is 4.98 Å². The van der Waals surface area contributed by atoms with Crippen molar-refractivity contribution in [3.8, 4) is 22.8 Å². The van der Waals surface area contributed by atoms with Crippen molar-refractivity contribution >= 4 is 21.7 Å². The van der Waals surface area contributed by atoms with Gasteiger partial charge in [-0.25, -0.2) is 18.1 Å². The Morgan fingerprint density at radius 1 is 0.903 bits per heavy atom. The molecule has 0 saturated heterocycles. The second-order valence-corrected chi connectivity index (χ2v) is 8.50. The van der Waals surface area contributed by atoms with Gasteiger partial charge in [-0.15, -0.1) is 0 Å². The normalized spacial score (nSPS) is 11.1. The highest BCUT2D eigenvalue weighted by atomic mass is 32.2. The molecule has 1 aromatic heterocycles. The number of aryl methyl sites for hydroxylation is 1. The van der Waals surface area contributed by atoms with Crippen LogP contribution in [0.1, 0.15) is 5.56 Å². The second-order valence-electron chi connectivity index (χ2n) is 6.82. The van der Waals surface area contributed by atoms with Crippen LogP contribution in [0.25, 0.3) is 11.1 Å². The summed E-state index contributed by atoms with van der Waals surface area (Å²) in [5, 5.41) is 0. The molecule has 0 saturated carbocycles. The highest BCUT2D eigenvalue weighted by molar-refractivity contribution is 7.92. The number of para-hydroxylation sites is 1. The van der Waals surface area contributed by atoms with Crippen LogP contribution in [0.2, 0.25) is 0 Å². The van der Waals surface area contributed by atoms with Crippen molar-refractivity contribution in [3.63, 3.8) is 0 Å². The van der Waals surface area contributed by atoms with E-state index in [0.29, 0.717) is 17.0 Å². The molecule has 0 unspecified atom stereocenters. The van der Waals surface area contributed by atoms with E-state index in [1.54, 1.807) is 30.5 Å². The standard InChI is InChI=1S/C23H20N4O3S/c1-16-8-5-6-13-20(16)21-15-25-23(26-22(21)30-18-10-3-2-4-11-18)27-31(28,29)19-12-7-9-17(24)14-19/h2-15H,24H2,1H3,(H,25,26,27). The van der Waals surface area contributed by atoms with Crippen molar-refractivity contribution in [2.45, 2.75) is 11.8 Å². The molecule has 3 aromatic carbocycles. The average Bonchev–Trinajstić information content (AvgIpc) is 2.75. The first-order chi connectivity index (χ1) is 14.9. The summed E-state index contributed by atoms with van der Waals surface area (Å²) in [6, 6.07) is 22.9. The minimum Gasteiger partial charge on any atom is -0.438 e. The maximum Gasteiger partial charge on any atom is 0.264 e. The fraction of sp³-hybridized carbons (Fsp3) is 0.0435. The van der Waals surface area contributed by atoms with E-state index in [1.165, 1.54) is 12.1 Å². The van der Waals surface area contributed by atoms with Gasteiger partial charge in [0, 0.05) is 11.9 Å². The van der Waals surface area contributed by atoms with Gasteiger partial charge in [0.05, 0.1) is 10.5 Å². The Bertz CT molecular complexity index is 1330. The number of benzene rings is 3. The maximum atomic E-state index is 12.7. The van der Waals surface area contributed by atoms with E-state index in [0.717, 1.165) is 11.1 Å². The predicted octanol–water partition coefficient (Wildman–Crippen LogP) is 4.63. The molecule has 4 rings (SSSR count). The van der Waals surface area contributed by atoms with E-state index in [1.807, 2.05) is 49.4 Å². The molecule has 0 bridgehead atoms. The minimum absolute atomic E-state index is 0.0182. The monoisotopic (exact) mass is 432 g/mol. The Labute approximate surface area is 180 Å². The van der Waals surface area contributed by atoms with Gasteiger partial charge in [-0.05, 0) is 48.4 Å². The van der Waals surface area contributed by atoms with Crippen LogP contribution in [0.5, 0.6) is 11.6 Å². The molecule has 0 aliphatic rings. The molecule has 0 aliphatic carbocycles. The number of nitrogens with two attached hydrogens (primary N) is 1. The van der Waals surface area contributed by atoms with Crippen molar-refractivity contribution < 1.29 is 13.2 Å². The third-order valence-corrected chi connectivity index (χ3v) is 5.87. The number of hydrogen-bond acceptors (Lipinski definition) is 6. The first-order valence-electron chi connectivity index (χ1n) is 9.47. The molecular formula is C23H20N4O3S. The lowest BCUT2D eigenvalue weighted by molar-refractivity contribution is 0.464. The third kappa shape index (κ3) is 4.65. The van der Waals surface area contributed by atoms with Gasteiger partial charge >= 0.3 is 0 Å². The molecule has 1 heterocycles. The number of nitrogens with zero attached hydrogens (tertiary/aromatic N) is 2. The molecule has 0 atom stereocenters. The van der Waals surface area contributed by atoms with Crippen molar-refractivity contribution in [2.24, 2.45) is 0 Å². The van der Waals surface area contributed by atoms with Crippen LogP contribution in [0.4, 0.5) is 11.6 Å². The highest BCUT2D eigenvalue weighted by Gasteiger charge is 2.19. The molecule has 3 N–H and O–H groups in total. The van der Waals surface area contributed by atoms with Gasteiger partial charge in [-0.1, -0.05) is 48.5 Å². The van der Waals surface area contributed by atoms with Crippen LogP contribution in [0.15, 0.2) is 90.0 Å². The van der Waals surface area contributed by atoms with Gasteiger partial charge in [0.2, 0.25) is 11.8 Å². The molecule has 0 spiro atoms. The van der Waals surface area contributed by atoms with E-state index >= 15 is 0 Å². The summed E-state index contributed by atoms with van der Waals surface area (Å²) in [5.41, 5.74) is 8.60. The van der Waals surface area contributed by atoms with E-state index in [9.17, 15) is 8.42 Å². The number of anilines is 2. The fourth-order valence-electron chi connectivity index (χ4n) is 3.01. The van der Waals surface area contributed by atoms with E-state index in [2.05, 4.69) is 14.7 Å². The molecular weight excluding hydrogens is 412 g/mol. The minimum atomic E-state index is -3.92. The number of ether oxygens (including phenoxy) is 1. The summed E-state index contributed by atoms with van der Waals surface area (Å²) in [6.07, 6.45) is 1.55. The van der Waals surface area contributed by atoms with Crippen LogP contribution >= 0.6 is 0 Å². The first kappa shape index (κ1) is 20.4. The lowest BCUT2D eigenvalue weighted by Gasteiger charge is -2.14. The zero-order chi connectivity index (χ0) is 21.8. The summed E-state index contributed by atoms with van der Waals surface area (Å²) < 4.78 is 33.9. The Morgan fingerprint density at radius 3 is 2.39 bits per heavy atom. The van der Waals surface area contributed by atoms with E-state index in [-0.39, 0.29) is 16.7 Å².